The summed E-state index contributed by atoms with van der Waals surface area (Å²) < 4.78 is 28.0. The fraction of sp³-hybridized carbons (Fsp3) is 0.938. The Labute approximate surface area is 237 Å². The van der Waals surface area contributed by atoms with Gasteiger partial charge in [-0.05, 0) is 0 Å². The molecule has 7 aliphatic rings. The molecule has 0 bridgehead atoms. The standard InChI is InChI=1S/C32H51IO5/c1-20-31-11-9-26(38-27-19-35-15-16-36-27)29(4,5)24(31)10-14-33-25-17-23-22(30(25,6)12-13-32(20,31)33)8-7-21(37-23)18-28(2,3)34/h20-21,24-27,34H,7-19H2,1-6H3/t20-,21-,24?,25?,26+,27?,30-,31?,32-/m1/s1. The SMILES string of the molecule is C[C@@H]1C23CC[C@H](OC4COCCO4)C(C)(C)C2CCI2C4CC5=C(CC[C@H](CC(C)(C)O)O5)[C@@]4(C)CC[C@]123. The van der Waals surface area contributed by atoms with Gasteiger partial charge in [-0.3, -0.25) is 0 Å². The average molecular weight is 643 g/mol. The van der Waals surface area contributed by atoms with Crippen LogP contribution in [0.4, 0.5) is 0 Å². The van der Waals surface area contributed by atoms with E-state index in [4.69, 9.17) is 18.9 Å². The van der Waals surface area contributed by atoms with E-state index in [2.05, 4.69) is 27.7 Å². The first-order valence-electron chi connectivity index (χ1n) is 15.5. The van der Waals surface area contributed by atoms with E-state index in [0.29, 0.717) is 34.1 Å². The van der Waals surface area contributed by atoms with Gasteiger partial charge in [-0.2, -0.15) is 0 Å². The molecule has 9 atom stereocenters. The van der Waals surface area contributed by atoms with E-state index in [0.717, 1.165) is 28.6 Å². The quantitative estimate of drug-likeness (QED) is 0.276. The molecule has 4 aliphatic heterocycles. The zero-order valence-electron chi connectivity index (χ0n) is 24.6. The van der Waals surface area contributed by atoms with Gasteiger partial charge in [0.15, 0.2) is 0 Å². The third kappa shape index (κ3) is 3.61. The molecule has 0 aromatic carbocycles. The molecule has 38 heavy (non-hydrogen) atoms. The van der Waals surface area contributed by atoms with Crippen LogP contribution in [0, 0.1) is 28.1 Å². The summed E-state index contributed by atoms with van der Waals surface area (Å²) in [5, 5.41) is 10.4. The Morgan fingerprint density at radius 1 is 1.08 bits per heavy atom. The summed E-state index contributed by atoms with van der Waals surface area (Å²) in [7, 11) is 0. The molecule has 4 unspecified atom stereocenters. The van der Waals surface area contributed by atoms with Gasteiger partial charge < -0.3 is 0 Å². The summed E-state index contributed by atoms with van der Waals surface area (Å²) in [4.78, 5) is 0. The number of hydrogen-bond acceptors (Lipinski definition) is 5. The first-order valence-corrected chi connectivity index (χ1v) is 19.4. The van der Waals surface area contributed by atoms with Crippen LogP contribution in [0.5, 0.6) is 0 Å². The molecule has 6 heteroatoms. The zero-order chi connectivity index (χ0) is 26.7. The van der Waals surface area contributed by atoms with Crippen molar-refractivity contribution >= 4 is 19.8 Å². The number of alkyl halides is 3. The van der Waals surface area contributed by atoms with Crippen LogP contribution in [0.25, 0.3) is 0 Å². The van der Waals surface area contributed by atoms with E-state index in [1.807, 2.05) is 13.8 Å². The molecule has 0 aromatic heterocycles. The predicted molar refractivity (Wildman–Crippen MR) is 158 cm³/mol. The maximum atomic E-state index is 10.4. The van der Waals surface area contributed by atoms with Crippen LogP contribution in [0.3, 0.4) is 0 Å². The second kappa shape index (κ2) is 8.81. The van der Waals surface area contributed by atoms with Crippen molar-refractivity contribution in [1.82, 2.24) is 0 Å². The third-order valence-corrected chi connectivity index (χ3v) is 23.0. The van der Waals surface area contributed by atoms with Gasteiger partial charge in [0, 0.05) is 0 Å². The molecule has 5 fully saturated rings. The van der Waals surface area contributed by atoms with E-state index >= 15 is 0 Å². The van der Waals surface area contributed by atoms with Gasteiger partial charge in [0.1, 0.15) is 0 Å². The molecule has 2 saturated carbocycles. The summed E-state index contributed by atoms with van der Waals surface area (Å²) in [6.07, 6.45) is 11.3. The number of ether oxygens (including phenoxy) is 4. The number of fused-ring (bicyclic) bond motifs is 3. The van der Waals surface area contributed by atoms with Gasteiger partial charge in [0.2, 0.25) is 0 Å². The summed E-state index contributed by atoms with van der Waals surface area (Å²) in [5.74, 6) is 3.01. The van der Waals surface area contributed by atoms with Gasteiger partial charge in [0.25, 0.3) is 0 Å². The molecule has 0 radical (unpaired) electrons. The van der Waals surface area contributed by atoms with E-state index in [1.54, 1.807) is 5.57 Å². The van der Waals surface area contributed by atoms with E-state index < -0.39 is 25.4 Å². The van der Waals surface area contributed by atoms with Crippen molar-refractivity contribution < 1.29 is 24.1 Å². The molecular formula is C32H51IO5. The fourth-order valence-electron chi connectivity index (χ4n) is 10.9. The second-order valence-electron chi connectivity index (χ2n) is 15.2. The summed E-state index contributed by atoms with van der Waals surface area (Å²) >= 11 is -1.26. The summed E-state index contributed by atoms with van der Waals surface area (Å²) in [6.45, 7) is 16.1. The van der Waals surface area contributed by atoms with Crippen LogP contribution in [-0.4, -0.2) is 60.8 Å². The number of halogens is 1. The monoisotopic (exact) mass is 642 g/mol. The molecule has 2 spiro atoms. The molecule has 3 saturated heterocycles. The molecule has 0 aromatic rings. The van der Waals surface area contributed by atoms with Crippen molar-refractivity contribution in [3.8, 4) is 0 Å². The topological polar surface area (TPSA) is 57.2 Å². The first kappa shape index (κ1) is 27.0. The Bertz CT molecular complexity index is 996. The van der Waals surface area contributed by atoms with Crippen molar-refractivity contribution in [3.63, 3.8) is 0 Å². The summed E-state index contributed by atoms with van der Waals surface area (Å²) in [6, 6.07) is 0. The number of hydrogen-bond donors (Lipinski definition) is 1. The first-order chi connectivity index (χ1) is 17.9. The average Bonchev–Trinajstić information content (AvgIpc) is 3.23. The molecule has 0 amide bonds. The molecule has 1 N–H and O–H groups in total. The third-order valence-electron chi connectivity index (χ3n) is 12.6. The zero-order valence-corrected chi connectivity index (χ0v) is 26.8. The molecule has 5 nitrogen and oxygen atoms in total. The van der Waals surface area contributed by atoms with Crippen molar-refractivity contribution in [2.45, 2.75) is 131 Å². The van der Waals surface area contributed by atoms with E-state index in [-0.39, 0.29) is 23.9 Å². The van der Waals surface area contributed by atoms with Crippen LogP contribution in [0.15, 0.2) is 11.3 Å². The Balaban J connectivity index is 1.12. The van der Waals surface area contributed by atoms with Crippen molar-refractivity contribution in [2.24, 2.45) is 28.1 Å². The van der Waals surface area contributed by atoms with Crippen molar-refractivity contribution in [3.05, 3.63) is 11.3 Å². The van der Waals surface area contributed by atoms with Crippen LogP contribution >= 0.6 is 19.8 Å². The number of aliphatic hydroxyl groups is 1. The van der Waals surface area contributed by atoms with Crippen LogP contribution in [0.1, 0.15) is 99.3 Å². The van der Waals surface area contributed by atoms with Crippen molar-refractivity contribution in [2.75, 3.05) is 24.2 Å². The van der Waals surface area contributed by atoms with Gasteiger partial charge in [-0.25, -0.2) is 0 Å². The fourth-order valence-corrected chi connectivity index (χ4v) is 23.5. The minimum absolute atomic E-state index is 0.181. The Morgan fingerprint density at radius 2 is 1.89 bits per heavy atom. The van der Waals surface area contributed by atoms with Crippen LogP contribution in [0.2, 0.25) is 0 Å². The molecule has 216 valence electrons. The molecule has 7 rings (SSSR count). The predicted octanol–water partition coefficient (Wildman–Crippen LogP) is 6.63. The van der Waals surface area contributed by atoms with Gasteiger partial charge >= 0.3 is 238 Å². The maximum absolute atomic E-state index is 10.4. The normalized spacial score (nSPS) is 50.2. The number of rotatable bonds is 4. The Hall–Kier alpha value is 0.110. The van der Waals surface area contributed by atoms with Gasteiger partial charge in [0.05, 0.1) is 0 Å². The number of allylic oxidation sites excluding steroid dienone is 2. The Morgan fingerprint density at radius 3 is 2.63 bits per heavy atom. The molecule has 4 heterocycles. The van der Waals surface area contributed by atoms with Gasteiger partial charge in [-0.15, -0.1) is 0 Å². The van der Waals surface area contributed by atoms with E-state index in [9.17, 15) is 5.11 Å². The van der Waals surface area contributed by atoms with Crippen LogP contribution < -0.4 is 0 Å². The van der Waals surface area contributed by atoms with E-state index in [1.165, 1.54) is 55.1 Å². The summed E-state index contributed by atoms with van der Waals surface area (Å²) in [5.41, 5.74) is 2.16. The van der Waals surface area contributed by atoms with Crippen molar-refractivity contribution in [1.29, 1.82) is 0 Å². The molecule has 3 aliphatic carbocycles. The van der Waals surface area contributed by atoms with Crippen LogP contribution in [-0.2, 0) is 18.9 Å². The molecular weight excluding hydrogens is 591 g/mol. The second-order valence-corrected chi connectivity index (χ2v) is 22.0. The minimum atomic E-state index is -1.26. The van der Waals surface area contributed by atoms with Gasteiger partial charge in [-0.1, -0.05) is 0 Å². The Kier molecular flexibility index (Phi) is 6.25.